The lowest BCUT2D eigenvalue weighted by Gasteiger charge is -2.06. The summed E-state index contributed by atoms with van der Waals surface area (Å²) in [5.74, 6) is -0.372. The van der Waals surface area contributed by atoms with Crippen molar-refractivity contribution in [3.05, 3.63) is 63.2 Å². The van der Waals surface area contributed by atoms with Crippen LogP contribution in [-0.4, -0.2) is 17.1 Å². The van der Waals surface area contributed by atoms with Crippen LogP contribution in [0.2, 0.25) is 5.02 Å². The van der Waals surface area contributed by atoms with Gasteiger partial charge in [-0.2, -0.15) is 0 Å². The molecule has 2 aromatic carbocycles. The molecule has 0 fully saturated rings. The Labute approximate surface area is 130 Å². The van der Waals surface area contributed by atoms with Crippen molar-refractivity contribution in [2.75, 3.05) is 11.6 Å². The van der Waals surface area contributed by atoms with E-state index in [1.54, 1.807) is 23.9 Å². The smallest absolute Gasteiger partial charge is 0.287 e. The van der Waals surface area contributed by atoms with Crippen LogP contribution in [-0.2, 0) is 0 Å². The lowest BCUT2D eigenvalue weighted by molar-refractivity contribution is -0.384. The first-order chi connectivity index (χ1) is 10.0. The number of anilines is 1. The summed E-state index contributed by atoms with van der Waals surface area (Å²) in [5.41, 5.74) is 0.685. The van der Waals surface area contributed by atoms with Gasteiger partial charge < -0.3 is 5.32 Å². The molecule has 0 aliphatic rings. The van der Waals surface area contributed by atoms with Crippen LogP contribution in [0.1, 0.15) is 10.4 Å². The molecule has 0 unspecified atom stereocenters. The number of nitrogens with one attached hydrogen (secondary N) is 1. The quantitative estimate of drug-likeness (QED) is 0.519. The number of halogens is 1. The molecule has 0 aliphatic heterocycles. The summed E-state index contributed by atoms with van der Waals surface area (Å²) in [7, 11) is 0. The second-order valence-electron chi connectivity index (χ2n) is 4.11. The molecule has 0 spiro atoms. The Hall–Kier alpha value is -2.05. The Balaban J connectivity index is 2.16. The molecule has 108 valence electrons. The third kappa shape index (κ3) is 3.74. The number of hydrogen-bond donors (Lipinski definition) is 1. The fourth-order valence-corrected chi connectivity index (χ4v) is 2.33. The van der Waals surface area contributed by atoms with Gasteiger partial charge in [0.05, 0.1) is 4.92 Å². The van der Waals surface area contributed by atoms with Gasteiger partial charge >= 0.3 is 0 Å². The molecular formula is C14H11ClN2O3S. The monoisotopic (exact) mass is 322 g/mol. The standard InChI is InChI=1S/C14H11ClN2O3S/c1-21-11-5-3-10(4-6-11)16-14(18)9-2-7-13(17(19)20)12(15)8-9/h2-8H,1H3,(H,16,18). The maximum absolute atomic E-state index is 12.1. The number of rotatable bonds is 4. The summed E-state index contributed by atoms with van der Waals surface area (Å²) in [5, 5.41) is 13.3. The molecule has 0 atom stereocenters. The predicted molar refractivity (Wildman–Crippen MR) is 84.3 cm³/mol. The van der Waals surface area contributed by atoms with Crippen molar-refractivity contribution in [1.82, 2.24) is 0 Å². The zero-order valence-corrected chi connectivity index (χ0v) is 12.6. The topological polar surface area (TPSA) is 72.2 Å². The normalized spacial score (nSPS) is 10.2. The molecule has 2 aromatic rings. The van der Waals surface area contributed by atoms with Crippen LogP contribution in [0.3, 0.4) is 0 Å². The van der Waals surface area contributed by atoms with E-state index in [2.05, 4.69) is 5.32 Å². The van der Waals surface area contributed by atoms with Crippen LogP contribution >= 0.6 is 23.4 Å². The molecule has 0 radical (unpaired) electrons. The van der Waals surface area contributed by atoms with Gasteiger partial charge in [-0.25, -0.2) is 0 Å². The number of thioether (sulfide) groups is 1. The number of carbonyl (C=O) groups is 1. The van der Waals surface area contributed by atoms with Crippen molar-refractivity contribution >= 4 is 40.6 Å². The minimum Gasteiger partial charge on any atom is -0.322 e. The van der Waals surface area contributed by atoms with Gasteiger partial charge in [0, 0.05) is 22.2 Å². The fraction of sp³-hybridized carbons (Fsp3) is 0.0714. The number of carbonyl (C=O) groups excluding carboxylic acids is 1. The lowest BCUT2D eigenvalue weighted by atomic mass is 10.2. The molecule has 21 heavy (non-hydrogen) atoms. The van der Waals surface area contributed by atoms with E-state index in [-0.39, 0.29) is 22.2 Å². The van der Waals surface area contributed by atoms with E-state index >= 15 is 0 Å². The van der Waals surface area contributed by atoms with E-state index in [4.69, 9.17) is 11.6 Å². The van der Waals surface area contributed by atoms with Crippen LogP contribution in [0, 0.1) is 10.1 Å². The van der Waals surface area contributed by atoms with E-state index < -0.39 is 4.92 Å². The minimum atomic E-state index is -0.592. The first-order valence-electron chi connectivity index (χ1n) is 5.90. The number of hydrogen-bond acceptors (Lipinski definition) is 4. The van der Waals surface area contributed by atoms with E-state index in [0.717, 1.165) is 4.90 Å². The Morgan fingerprint density at radius 2 is 1.90 bits per heavy atom. The molecule has 0 heterocycles. The van der Waals surface area contributed by atoms with Crippen LogP contribution in [0.5, 0.6) is 0 Å². The van der Waals surface area contributed by atoms with Crippen molar-refractivity contribution in [3.8, 4) is 0 Å². The van der Waals surface area contributed by atoms with Crippen molar-refractivity contribution < 1.29 is 9.72 Å². The number of nitro groups is 1. The second kappa shape index (κ2) is 6.60. The molecule has 0 aliphatic carbocycles. The lowest BCUT2D eigenvalue weighted by Crippen LogP contribution is -2.11. The highest BCUT2D eigenvalue weighted by Gasteiger charge is 2.15. The van der Waals surface area contributed by atoms with Crippen molar-refractivity contribution in [2.45, 2.75) is 4.90 Å². The Morgan fingerprint density at radius 1 is 1.24 bits per heavy atom. The maximum Gasteiger partial charge on any atom is 0.287 e. The molecule has 1 amide bonds. The number of nitro benzene ring substituents is 1. The Morgan fingerprint density at radius 3 is 2.43 bits per heavy atom. The van der Waals surface area contributed by atoms with Gasteiger partial charge in [0.15, 0.2) is 0 Å². The summed E-state index contributed by atoms with van der Waals surface area (Å²) >= 11 is 7.39. The highest BCUT2D eigenvalue weighted by atomic mass is 35.5. The summed E-state index contributed by atoms with van der Waals surface area (Å²) in [6, 6.07) is 11.2. The van der Waals surface area contributed by atoms with Crippen LogP contribution in [0.25, 0.3) is 0 Å². The zero-order chi connectivity index (χ0) is 15.4. The van der Waals surface area contributed by atoms with Gasteiger partial charge in [0.2, 0.25) is 0 Å². The molecule has 0 bridgehead atoms. The van der Waals surface area contributed by atoms with E-state index in [9.17, 15) is 14.9 Å². The van der Waals surface area contributed by atoms with Crippen molar-refractivity contribution in [3.63, 3.8) is 0 Å². The first kappa shape index (κ1) is 15.3. The maximum atomic E-state index is 12.1. The Bertz CT molecular complexity index is 689. The highest BCUT2D eigenvalue weighted by molar-refractivity contribution is 7.98. The number of amides is 1. The van der Waals surface area contributed by atoms with Crippen molar-refractivity contribution in [2.24, 2.45) is 0 Å². The third-order valence-electron chi connectivity index (χ3n) is 2.75. The zero-order valence-electron chi connectivity index (χ0n) is 11.0. The highest BCUT2D eigenvalue weighted by Crippen LogP contribution is 2.25. The summed E-state index contributed by atoms with van der Waals surface area (Å²) in [4.78, 5) is 23.2. The van der Waals surface area contributed by atoms with Crippen LogP contribution in [0.4, 0.5) is 11.4 Å². The largest absolute Gasteiger partial charge is 0.322 e. The number of nitrogens with zero attached hydrogens (tertiary/aromatic N) is 1. The fourth-order valence-electron chi connectivity index (χ4n) is 1.67. The van der Waals surface area contributed by atoms with E-state index in [1.165, 1.54) is 18.2 Å². The first-order valence-corrected chi connectivity index (χ1v) is 7.51. The molecule has 2 rings (SSSR count). The van der Waals surface area contributed by atoms with Gasteiger partial charge in [-0.15, -0.1) is 11.8 Å². The van der Waals surface area contributed by atoms with Crippen LogP contribution < -0.4 is 5.32 Å². The van der Waals surface area contributed by atoms with Gasteiger partial charge in [-0.1, -0.05) is 11.6 Å². The average Bonchev–Trinajstić information content (AvgIpc) is 2.47. The van der Waals surface area contributed by atoms with Gasteiger partial charge in [0.1, 0.15) is 5.02 Å². The SMILES string of the molecule is CSc1ccc(NC(=O)c2ccc([N+](=O)[O-])c(Cl)c2)cc1. The van der Waals surface area contributed by atoms with Gasteiger partial charge in [-0.3, -0.25) is 14.9 Å². The van der Waals surface area contributed by atoms with Gasteiger partial charge in [-0.05, 0) is 42.7 Å². The van der Waals surface area contributed by atoms with Crippen molar-refractivity contribution in [1.29, 1.82) is 0 Å². The summed E-state index contributed by atoms with van der Waals surface area (Å²) in [6.45, 7) is 0. The average molecular weight is 323 g/mol. The molecule has 1 N–H and O–H groups in total. The summed E-state index contributed by atoms with van der Waals surface area (Å²) in [6.07, 6.45) is 1.96. The molecular weight excluding hydrogens is 312 g/mol. The number of benzene rings is 2. The van der Waals surface area contributed by atoms with Gasteiger partial charge in [0.25, 0.3) is 11.6 Å². The second-order valence-corrected chi connectivity index (χ2v) is 5.39. The minimum absolute atomic E-state index is 0.0645. The Kier molecular flexibility index (Phi) is 4.82. The molecule has 7 heteroatoms. The molecule has 5 nitrogen and oxygen atoms in total. The predicted octanol–water partition coefficient (Wildman–Crippen LogP) is 4.22. The molecule has 0 saturated carbocycles. The van der Waals surface area contributed by atoms with Crippen LogP contribution in [0.15, 0.2) is 47.4 Å². The van der Waals surface area contributed by atoms with E-state index in [1.807, 2.05) is 18.4 Å². The van der Waals surface area contributed by atoms with E-state index in [0.29, 0.717) is 5.69 Å². The molecule has 0 aromatic heterocycles. The third-order valence-corrected chi connectivity index (χ3v) is 3.80. The summed E-state index contributed by atoms with van der Waals surface area (Å²) < 4.78 is 0. The molecule has 0 saturated heterocycles.